The van der Waals surface area contributed by atoms with E-state index < -0.39 is 30.0 Å². The van der Waals surface area contributed by atoms with E-state index in [9.17, 15) is 22.8 Å². The fourth-order valence-electron chi connectivity index (χ4n) is 1.23. The second-order valence-corrected chi connectivity index (χ2v) is 3.51. The molecule has 0 atom stereocenters. The molecule has 0 radical (unpaired) electrons. The number of rotatable bonds is 4. The van der Waals surface area contributed by atoms with E-state index in [1.54, 1.807) is 0 Å². The van der Waals surface area contributed by atoms with Crippen LogP contribution in [0.15, 0.2) is 24.3 Å². The van der Waals surface area contributed by atoms with Crippen molar-refractivity contribution in [3.8, 4) is 0 Å². The first kappa shape index (κ1) is 14.2. The highest BCUT2D eigenvalue weighted by Crippen LogP contribution is 2.29. The van der Waals surface area contributed by atoms with Gasteiger partial charge in [0.2, 0.25) is 5.78 Å². The summed E-state index contributed by atoms with van der Waals surface area (Å²) < 4.78 is 37.2. The maximum Gasteiger partial charge on any atom is 0.416 e. The fraction of sp³-hybridized carbons (Fsp3) is 0.273. The first-order chi connectivity index (χ1) is 8.34. The third-order valence-corrected chi connectivity index (χ3v) is 2.15. The Morgan fingerprint density at radius 3 is 2.50 bits per heavy atom. The highest BCUT2D eigenvalue weighted by Gasteiger charge is 2.30. The molecular formula is C11H11F3N2O2. The average molecular weight is 260 g/mol. The first-order valence-electron chi connectivity index (χ1n) is 5.02. The molecule has 0 bridgehead atoms. The van der Waals surface area contributed by atoms with E-state index in [-0.39, 0.29) is 12.1 Å². The van der Waals surface area contributed by atoms with E-state index in [1.807, 2.05) is 0 Å². The largest absolute Gasteiger partial charge is 0.416 e. The Balaban J connectivity index is 2.69. The number of benzene rings is 1. The van der Waals surface area contributed by atoms with Crippen LogP contribution < -0.4 is 11.1 Å². The van der Waals surface area contributed by atoms with Gasteiger partial charge in [0, 0.05) is 6.54 Å². The van der Waals surface area contributed by atoms with Gasteiger partial charge in [0.15, 0.2) is 0 Å². The highest BCUT2D eigenvalue weighted by atomic mass is 19.4. The normalized spacial score (nSPS) is 11.1. The second kappa shape index (κ2) is 5.63. The molecule has 98 valence electrons. The number of nitrogens with two attached hydrogens (primary N) is 1. The minimum absolute atomic E-state index is 0.158. The third kappa shape index (κ3) is 3.85. The summed E-state index contributed by atoms with van der Waals surface area (Å²) in [6.45, 7) is -0.594. The van der Waals surface area contributed by atoms with Crippen molar-refractivity contribution in [2.24, 2.45) is 5.73 Å². The van der Waals surface area contributed by atoms with Crippen LogP contribution in [0.25, 0.3) is 0 Å². The van der Waals surface area contributed by atoms with Crippen molar-refractivity contribution in [3.63, 3.8) is 0 Å². The van der Waals surface area contributed by atoms with Gasteiger partial charge in [0.05, 0.1) is 12.1 Å². The minimum Gasteiger partial charge on any atom is -0.345 e. The van der Waals surface area contributed by atoms with Gasteiger partial charge in [-0.05, 0) is 17.7 Å². The number of nitrogens with one attached hydrogen (secondary N) is 1. The SMILES string of the molecule is NCC(=O)C(=O)NCc1cccc(C(F)(F)F)c1. The van der Waals surface area contributed by atoms with Crippen molar-refractivity contribution in [1.29, 1.82) is 0 Å². The summed E-state index contributed by atoms with van der Waals surface area (Å²) in [6.07, 6.45) is -4.44. The molecule has 4 nitrogen and oxygen atoms in total. The number of ketones is 1. The van der Waals surface area contributed by atoms with Gasteiger partial charge in [0.1, 0.15) is 0 Å². The molecule has 7 heteroatoms. The van der Waals surface area contributed by atoms with Crippen LogP contribution in [0.1, 0.15) is 11.1 Å². The molecule has 0 spiro atoms. The molecule has 1 amide bonds. The zero-order valence-corrected chi connectivity index (χ0v) is 9.25. The number of alkyl halides is 3. The molecule has 0 aliphatic heterocycles. The maximum absolute atomic E-state index is 12.4. The van der Waals surface area contributed by atoms with Crippen molar-refractivity contribution in [2.75, 3.05) is 6.54 Å². The predicted octanol–water partition coefficient (Wildman–Crippen LogP) is 0.849. The number of hydrogen-bond donors (Lipinski definition) is 2. The summed E-state index contributed by atoms with van der Waals surface area (Å²) in [7, 11) is 0. The number of carbonyl (C=O) groups is 2. The Morgan fingerprint density at radius 1 is 1.28 bits per heavy atom. The van der Waals surface area contributed by atoms with E-state index in [0.29, 0.717) is 0 Å². The van der Waals surface area contributed by atoms with E-state index in [0.717, 1.165) is 12.1 Å². The highest BCUT2D eigenvalue weighted by molar-refractivity contribution is 6.36. The molecule has 0 saturated heterocycles. The summed E-state index contributed by atoms with van der Waals surface area (Å²) in [5.74, 6) is -1.73. The molecular weight excluding hydrogens is 249 g/mol. The summed E-state index contributed by atoms with van der Waals surface area (Å²) in [5.41, 5.74) is 4.41. The molecule has 0 fully saturated rings. The van der Waals surface area contributed by atoms with Crippen molar-refractivity contribution in [1.82, 2.24) is 5.32 Å². The summed E-state index contributed by atoms with van der Waals surface area (Å²) in [6, 6.07) is 4.49. The van der Waals surface area contributed by atoms with E-state index in [2.05, 4.69) is 5.32 Å². The van der Waals surface area contributed by atoms with Crippen LogP contribution in [-0.4, -0.2) is 18.2 Å². The summed E-state index contributed by atoms with van der Waals surface area (Å²) in [4.78, 5) is 21.9. The van der Waals surface area contributed by atoms with Crippen LogP contribution >= 0.6 is 0 Å². The van der Waals surface area contributed by atoms with Crippen LogP contribution in [0.3, 0.4) is 0 Å². The molecule has 0 heterocycles. The second-order valence-electron chi connectivity index (χ2n) is 3.51. The minimum atomic E-state index is -4.44. The zero-order chi connectivity index (χ0) is 13.8. The molecule has 1 rings (SSSR count). The van der Waals surface area contributed by atoms with Gasteiger partial charge in [-0.3, -0.25) is 9.59 Å². The lowest BCUT2D eigenvalue weighted by Gasteiger charge is -2.09. The fourth-order valence-corrected chi connectivity index (χ4v) is 1.23. The van der Waals surface area contributed by atoms with Gasteiger partial charge in [-0.1, -0.05) is 12.1 Å². The van der Waals surface area contributed by atoms with Gasteiger partial charge >= 0.3 is 6.18 Å². The lowest BCUT2D eigenvalue weighted by molar-refractivity contribution is -0.137. The Kier molecular flexibility index (Phi) is 4.43. The molecule has 3 N–H and O–H groups in total. The Labute approximate surface area is 101 Å². The van der Waals surface area contributed by atoms with E-state index in [4.69, 9.17) is 5.73 Å². The predicted molar refractivity (Wildman–Crippen MR) is 57.4 cm³/mol. The summed E-state index contributed by atoms with van der Waals surface area (Å²) in [5, 5.41) is 2.19. The first-order valence-corrected chi connectivity index (χ1v) is 5.02. The van der Waals surface area contributed by atoms with E-state index in [1.165, 1.54) is 12.1 Å². The Bertz CT molecular complexity index is 458. The zero-order valence-electron chi connectivity index (χ0n) is 9.25. The number of amides is 1. The van der Waals surface area contributed by atoms with Crippen LogP contribution in [0.2, 0.25) is 0 Å². The lowest BCUT2D eigenvalue weighted by atomic mass is 10.1. The lowest BCUT2D eigenvalue weighted by Crippen LogP contribution is -2.34. The molecule has 0 aliphatic rings. The standard InChI is InChI=1S/C11H11F3N2O2/c12-11(13,14)8-3-1-2-7(4-8)6-16-10(18)9(17)5-15/h1-4H,5-6,15H2,(H,16,18). The van der Waals surface area contributed by atoms with Gasteiger partial charge in [-0.25, -0.2) is 0 Å². The van der Waals surface area contributed by atoms with E-state index >= 15 is 0 Å². The quantitative estimate of drug-likeness (QED) is 0.788. The topological polar surface area (TPSA) is 72.2 Å². The van der Waals surface area contributed by atoms with Crippen LogP contribution in [-0.2, 0) is 22.3 Å². The molecule has 1 aromatic carbocycles. The average Bonchev–Trinajstić information content (AvgIpc) is 2.34. The van der Waals surface area contributed by atoms with Crippen molar-refractivity contribution in [2.45, 2.75) is 12.7 Å². The van der Waals surface area contributed by atoms with Gasteiger partial charge < -0.3 is 11.1 Å². The molecule has 0 unspecified atom stereocenters. The number of Topliss-reactive ketones (excluding diaryl/α,β-unsaturated/α-hetero) is 1. The van der Waals surface area contributed by atoms with Crippen molar-refractivity contribution >= 4 is 11.7 Å². The maximum atomic E-state index is 12.4. The smallest absolute Gasteiger partial charge is 0.345 e. The molecule has 0 aromatic heterocycles. The van der Waals surface area contributed by atoms with Crippen LogP contribution in [0, 0.1) is 0 Å². The molecule has 18 heavy (non-hydrogen) atoms. The van der Waals surface area contributed by atoms with Gasteiger partial charge in [-0.15, -0.1) is 0 Å². The Morgan fingerprint density at radius 2 is 1.94 bits per heavy atom. The number of carbonyl (C=O) groups excluding carboxylic acids is 2. The molecule has 0 aliphatic carbocycles. The monoisotopic (exact) mass is 260 g/mol. The summed E-state index contributed by atoms with van der Waals surface area (Å²) >= 11 is 0. The Hall–Kier alpha value is -1.89. The van der Waals surface area contributed by atoms with Gasteiger partial charge in [0.25, 0.3) is 5.91 Å². The van der Waals surface area contributed by atoms with Crippen molar-refractivity contribution < 1.29 is 22.8 Å². The van der Waals surface area contributed by atoms with Crippen molar-refractivity contribution in [3.05, 3.63) is 35.4 Å². The van der Waals surface area contributed by atoms with Crippen LogP contribution in [0.5, 0.6) is 0 Å². The molecule has 0 saturated carbocycles. The number of hydrogen-bond acceptors (Lipinski definition) is 3. The van der Waals surface area contributed by atoms with Crippen LogP contribution in [0.4, 0.5) is 13.2 Å². The van der Waals surface area contributed by atoms with Gasteiger partial charge in [-0.2, -0.15) is 13.2 Å². The third-order valence-electron chi connectivity index (χ3n) is 2.15. The number of halogens is 3. The molecule has 1 aromatic rings.